The molecule has 1 amide bonds. The minimum atomic E-state index is -0.0406. The van der Waals surface area contributed by atoms with Crippen LogP contribution in [-0.2, 0) is 17.6 Å². The summed E-state index contributed by atoms with van der Waals surface area (Å²) < 4.78 is 10.5. The number of imidazole rings is 1. The molecule has 1 aromatic carbocycles. The number of rotatable bonds is 7. The number of hydrogen-bond acceptors (Lipinski definition) is 4. The highest BCUT2D eigenvalue weighted by atomic mass is 16.5. The van der Waals surface area contributed by atoms with Gasteiger partial charge in [-0.25, -0.2) is 4.98 Å². The second kappa shape index (κ2) is 7.33. The molecule has 0 aliphatic carbocycles. The Hall–Kier alpha value is -2.50. The van der Waals surface area contributed by atoms with E-state index < -0.39 is 0 Å². The smallest absolute Gasteiger partial charge is 0.226 e. The van der Waals surface area contributed by atoms with Crippen molar-refractivity contribution in [1.29, 1.82) is 0 Å². The fourth-order valence-corrected chi connectivity index (χ4v) is 2.03. The molecule has 0 bridgehead atoms. The van der Waals surface area contributed by atoms with E-state index in [0.29, 0.717) is 19.4 Å². The molecule has 6 nitrogen and oxygen atoms in total. The van der Waals surface area contributed by atoms with Crippen LogP contribution < -0.4 is 14.8 Å². The Balaban J connectivity index is 1.86. The zero-order chi connectivity index (χ0) is 15.1. The standard InChI is InChI=1S/C15H19N3O3/c1-20-13-3-4-14(21-2)11(7-13)5-6-17-15(19)8-12-9-16-10-18-12/h3-4,7,9-10H,5-6,8H2,1-2H3,(H,16,18)(H,17,19). The lowest BCUT2D eigenvalue weighted by Crippen LogP contribution is -2.27. The summed E-state index contributed by atoms with van der Waals surface area (Å²) in [5, 5.41) is 2.88. The number of amides is 1. The molecule has 0 radical (unpaired) electrons. The van der Waals surface area contributed by atoms with Crippen molar-refractivity contribution in [3.8, 4) is 11.5 Å². The van der Waals surface area contributed by atoms with Crippen molar-refractivity contribution in [3.05, 3.63) is 42.0 Å². The van der Waals surface area contributed by atoms with Crippen LogP contribution in [0.4, 0.5) is 0 Å². The van der Waals surface area contributed by atoms with E-state index in [9.17, 15) is 4.79 Å². The lowest BCUT2D eigenvalue weighted by atomic mass is 10.1. The van der Waals surface area contributed by atoms with Crippen LogP contribution in [0, 0.1) is 0 Å². The maximum absolute atomic E-state index is 11.8. The maximum Gasteiger partial charge on any atom is 0.226 e. The minimum absolute atomic E-state index is 0.0406. The number of ether oxygens (including phenoxy) is 2. The predicted molar refractivity (Wildman–Crippen MR) is 78.6 cm³/mol. The molecule has 0 unspecified atom stereocenters. The van der Waals surface area contributed by atoms with E-state index in [2.05, 4.69) is 15.3 Å². The van der Waals surface area contributed by atoms with Gasteiger partial charge >= 0.3 is 0 Å². The van der Waals surface area contributed by atoms with Gasteiger partial charge in [0.1, 0.15) is 11.5 Å². The highest BCUT2D eigenvalue weighted by molar-refractivity contribution is 5.78. The van der Waals surface area contributed by atoms with Gasteiger partial charge in [0, 0.05) is 18.4 Å². The highest BCUT2D eigenvalue weighted by Crippen LogP contribution is 2.24. The van der Waals surface area contributed by atoms with Gasteiger partial charge in [0.25, 0.3) is 0 Å². The van der Waals surface area contributed by atoms with Crippen LogP contribution in [0.5, 0.6) is 11.5 Å². The van der Waals surface area contributed by atoms with Gasteiger partial charge in [0.15, 0.2) is 0 Å². The number of aromatic amines is 1. The summed E-state index contributed by atoms with van der Waals surface area (Å²) in [6, 6.07) is 5.62. The van der Waals surface area contributed by atoms with E-state index in [1.807, 2.05) is 18.2 Å². The van der Waals surface area contributed by atoms with Gasteiger partial charge in [0.2, 0.25) is 5.91 Å². The summed E-state index contributed by atoms with van der Waals surface area (Å²) in [5.41, 5.74) is 1.80. The van der Waals surface area contributed by atoms with Crippen LogP contribution in [0.15, 0.2) is 30.7 Å². The van der Waals surface area contributed by atoms with Crippen molar-refractivity contribution in [2.45, 2.75) is 12.8 Å². The molecular weight excluding hydrogens is 270 g/mol. The van der Waals surface area contributed by atoms with Crippen LogP contribution in [0.25, 0.3) is 0 Å². The summed E-state index contributed by atoms with van der Waals surface area (Å²) in [6.45, 7) is 0.538. The molecule has 112 valence electrons. The number of carbonyl (C=O) groups excluding carboxylic acids is 1. The van der Waals surface area contributed by atoms with Gasteiger partial charge in [-0.2, -0.15) is 0 Å². The zero-order valence-electron chi connectivity index (χ0n) is 12.2. The first-order valence-electron chi connectivity index (χ1n) is 6.67. The Bertz CT molecular complexity index is 582. The van der Waals surface area contributed by atoms with E-state index in [-0.39, 0.29) is 5.91 Å². The van der Waals surface area contributed by atoms with Crippen LogP contribution >= 0.6 is 0 Å². The molecule has 21 heavy (non-hydrogen) atoms. The summed E-state index contributed by atoms with van der Waals surface area (Å²) >= 11 is 0. The molecule has 6 heteroatoms. The molecular formula is C15H19N3O3. The zero-order valence-corrected chi connectivity index (χ0v) is 12.2. The van der Waals surface area contributed by atoms with Crippen molar-refractivity contribution in [3.63, 3.8) is 0 Å². The minimum Gasteiger partial charge on any atom is -0.497 e. The number of methoxy groups -OCH3 is 2. The largest absolute Gasteiger partial charge is 0.497 e. The molecule has 0 aliphatic heterocycles. The van der Waals surface area contributed by atoms with Crippen molar-refractivity contribution in [1.82, 2.24) is 15.3 Å². The van der Waals surface area contributed by atoms with Gasteiger partial charge < -0.3 is 19.8 Å². The highest BCUT2D eigenvalue weighted by Gasteiger charge is 2.07. The number of hydrogen-bond donors (Lipinski definition) is 2. The molecule has 1 heterocycles. The Morgan fingerprint density at radius 3 is 2.86 bits per heavy atom. The molecule has 1 aromatic heterocycles. The molecule has 0 spiro atoms. The first kappa shape index (κ1) is 14.9. The molecule has 2 rings (SSSR count). The fourth-order valence-electron chi connectivity index (χ4n) is 2.03. The fraction of sp³-hybridized carbons (Fsp3) is 0.333. The van der Waals surface area contributed by atoms with Crippen molar-refractivity contribution in [2.75, 3.05) is 20.8 Å². The summed E-state index contributed by atoms with van der Waals surface area (Å²) in [7, 11) is 3.25. The van der Waals surface area contributed by atoms with Crippen molar-refractivity contribution in [2.24, 2.45) is 0 Å². The van der Waals surface area contributed by atoms with Gasteiger partial charge in [-0.1, -0.05) is 0 Å². The third-order valence-corrected chi connectivity index (χ3v) is 3.11. The van der Waals surface area contributed by atoms with E-state index in [1.54, 1.807) is 26.7 Å². The maximum atomic E-state index is 11.8. The van der Waals surface area contributed by atoms with Gasteiger partial charge in [-0.05, 0) is 30.2 Å². The monoisotopic (exact) mass is 289 g/mol. The summed E-state index contributed by atoms with van der Waals surface area (Å²) in [5.74, 6) is 1.52. The molecule has 0 aliphatic rings. The number of carbonyl (C=O) groups is 1. The van der Waals surface area contributed by atoms with E-state index in [4.69, 9.17) is 9.47 Å². The lowest BCUT2D eigenvalue weighted by Gasteiger charge is -2.11. The molecule has 2 aromatic rings. The third-order valence-electron chi connectivity index (χ3n) is 3.11. The second-order valence-corrected chi connectivity index (χ2v) is 4.53. The van der Waals surface area contributed by atoms with Gasteiger partial charge in [-0.3, -0.25) is 4.79 Å². The Labute approximate surface area is 123 Å². The molecule has 0 fully saturated rings. The van der Waals surface area contributed by atoms with Gasteiger partial charge in [0.05, 0.1) is 27.0 Å². The Morgan fingerprint density at radius 2 is 2.19 bits per heavy atom. The number of nitrogens with one attached hydrogen (secondary N) is 2. The van der Waals surface area contributed by atoms with E-state index in [1.165, 1.54) is 0 Å². The van der Waals surface area contributed by atoms with Crippen LogP contribution in [0.2, 0.25) is 0 Å². The van der Waals surface area contributed by atoms with Crippen LogP contribution in [0.1, 0.15) is 11.3 Å². The van der Waals surface area contributed by atoms with Crippen LogP contribution in [0.3, 0.4) is 0 Å². The average molecular weight is 289 g/mol. The van der Waals surface area contributed by atoms with Crippen LogP contribution in [-0.4, -0.2) is 36.6 Å². The first-order valence-corrected chi connectivity index (χ1v) is 6.67. The second-order valence-electron chi connectivity index (χ2n) is 4.53. The summed E-state index contributed by atoms with van der Waals surface area (Å²) in [4.78, 5) is 18.5. The number of aromatic nitrogens is 2. The average Bonchev–Trinajstić information content (AvgIpc) is 3.00. The predicted octanol–water partition coefficient (Wildman–Crippen LogP) is 1.33. The number of benzene rings is 1. The molecule has 0 atom stereocenters. The molecule has 0 saturated heterocycles. The molecule has 2 N–H and O–H groups in total. The van der Waals surface area contributed by atoms with Crippen molar-refractivity contribution >= 4 is 5.91 Å². The van der Waals surface area contributed by atoms with E-state index >= 15 is 0 Å². The summed E-state index contributed by atoms with van der Waals surface area (Å²) in [6.07, 6.45) is 4.18. The molecule has 0 saturated carbocycles. The Morgan fingerprint density at radius 1 is 1.33 bits per heavy atom. The Kier molecular flexibility index (Phi) is 5.20. The number of nitrogens with zero attached hydrogens (tertiary/aromatic N) is 1. The normalized spacial score (nSPS) is 10.2. The SMILES string of the molecule is COc1ccc(OC)c(CCNC(=O)Cc2cnc[nH]2)c1. The lowest BCUT2D eigenvalue weighted by molar-refractivity contribution is -0.120. The quantitative estimate of drug-likeness (QED) is 0.806. The topological polar surface area (TPSA) is 76.2 Å². The van der Waals surface area contributed by atoms with Crippen molar-refractivity contribution < 1.29 is 14.3 Å². The third kappa shape index (κ3) is 4.24. The van der Waals surface area contributed by atoms with E-state index in [0.717, 1.165) is 22.8 Å². The van der Waals surface area contributed by atoms with Gasteiger partial charge in [-0.15, -0.1) is 0 Å². The number of H-pyrrole nitrogens is 1. The first-order chi connectivity index (χ1) is 10.2.